The van der Waals surface area contributed by atoms with Crippen molar-refractivity contribution in [1.82, 2.24) is 20.2 Å². The fraction of sp³-hybridized carbons (Fsp3) is 0.778. The lowest BCUT2D eigenvalue weighted by atomic mass is 9.81. The van der Waals surface area contributed by atoms with E-state index in [0.717, 1.165) is 24.8 Å². The number of rotatable bonds is 7. The number of anilines is 1. The third kappa shape index (κ3) is 7.37. The average Bonchev–Trinajstić information content (AvgIpc) is 3.02. The van der Waals surface area contributed by atoms with Crippen molar-refractivity contribution in [2.45, 2.75) is 111 Å². The number of nitrogens with one attached hydrogen (secondary N) is 1. The molecule has 11 heteroatoms. The van der Waals surface area contributed by atoms with Crippen LogP contribution in [-0.2, 0) is 18.8 Å². The first-order valence-electron chi connectivity index (χ1n) is 13.7. The Hall–Kier alpha value is -2.40. The number of carbonyl (C=O) groups is 2. The predicted octanol–water partition coefficient (Wildman–Crippen LogP) is 3.14. The summed E-state index contributed by atoms with van der Waals surface area (Å²) in [6.07, 6.45) is 4.76. The third-order valence-corrected chi connectivity index (χ3v) is 7.55. The number of nitrogens with zero attached hydrogens (tertiary/aromatic N) is 4. The Kier molecular flexibility index (Phi) is 9.03. The van der Waals surface area contributed by atoms with Gasteiger partial charge in [0.2, 0.25) is 11.9 Å². The molecule has 2 fully saturated rings. The van der Waals surface area contributed by atoms with E-state index in [1.165, 1.54) is 0 Å². The maximum absolute atomic E-state index is 12.9. The number of hydrogen-bond acceptors (Lipinski definition) is 8. The van der Waals surface area contributed by atoms with Gasteiger partial charge >= 0.3 is 13.2 Å². The quantitative estimate of drug-likeness (QED) is 0.535. The van der Waals surface area contributed by atoms with Gasteiger partial charge in [-0.2, -0.15) is 0 Å². The van der Waals surface area contributed by atoms with Crippen LogP contribution in [0.2, 0.25) is 0 Å². The van der Waals surface area contributed by atoms with E-state index in [1.54, 1.807) is 40.1 Å². The van der Waals surface area contributed by atoms with E-state index in [0.29, 0.717) is 25.0 Å². The summed E-state index contributed by atoms with van der Waals surface area (Å²) in [6, 6.07) is -0.417. The van der Waals surface area contributed by atoms with Crippen LogP contribution in [0.4, 0.5) is 10.7 Å². The van der Waals surface area contributed by atoms with Crippen molar-refractivity contribution in [3.8, 4) is 0 Å². The second kappa shape index (κ2) is 11.4. The summed E-state index contributed by atoms with van der Waals surface area (Å²) in [6.45, 7) is 21.6. The van der Waals surface area contributed by atoms with Gasteiger partial charge in [-0.05, 0) is 88.0 Å². The van der Waals surface area contributed by atoms with E-state index in [1.807, 2.05) is 32.6 Å². The molecular weight excluding hydrogens is 485 g/mol. The molecular formula is C27H46BN5O5. The zero-order valence-corrected chi connectivity index (χ0v) is 24.8. The summed E-state index contributed by atoms with van der Waals surface area (Å²) in [7, 11) is -0.490. The molecule has 0 radical (unpaired) electrons. The van der Waals surface area contributed by atoms with E-state index in [2.05, 4.69) is 34.0 Å². The minimum absolute atomic E-state index is 0.0864. The average molecular weight is 532 g/mol. The Morgan fingerprint density at radius 3 is 2.11 bits per heavy atom. The highest BCUT2D eigenvalue weighted by molar-refractivity contribution is 6.61. The zero-order chi connectivity index (χ0) is 28.5. The molecule has 3 rings (SSSR count). The van der Waals surface area contributed by atoms with Gasteiger partial charge in [-0.1, -0.05) is 0 Å². The van der Waals surface area contributed by atoms with Gasteiger partial charge < -0.3 is 29.2 Å². The van der Waals surface area contributed by atoms with Crippen molar-refractivity contribution in [2.75, 3.05) is 24.5 Å². The molecule has 2 amide bonds. The number of likely N-dealkylation sites (tertiary alicyclic amines) is 1. The third-order valence-electron chi connectivity index (χ3n) is 7.55. The van der Waals surface area contributed by atoms with Crippen molar-refractivity contribution < 1.29 is 23.6 Å². The molecule has 2 saturated heterocycles. The molecule has 0 aromatic carbocycles. The molecule has 1 aromatic heterocycles. The molecule has 2 aliphatic rings. The van der Waals surface area contributed by atoms with Gasteiger partial charge in [0, 0.05) is 43.5 Å². The van der Waals surface area contributed by atoms with Crippen LogP contribution < -0.4 is 15.7 Å². The number of ether oxygens (including phenoxy) is 1. The molecule has 212 valence electrons. The summed E-state index contributed by atoms with van der Waals surface area (Å²) < 4.78 is 17.5. The van der Waals surface area contributed by atoms with E-state index in [9.17, 15) is 9.59 Å². The fourth-order valence-electron chi connectivity index (χ4n) is 4.54. The lowest BCUT2D eigenvalue weighted by Crippen LogP contribution is -2.51. The predicted molar refractivity (Wildman–Crippen MR) is 148 cm³/mol. The second-order valence-electron chi connectivity index (χ2n) is 12.8. The number of carbonyl (C=O) groups excluding carboxylic acids is 2. The topological polar surface area (TPSA) is 106 Å². The molecule has 0 unspecified atom stereocenters. The Bertz CT molecular complexity index is 955. The highest BCUT2D eigenvalue weighted by Crippen LogP contribution is 2.36. The SMILES string of the molecule is CC(C)N(CC1CCN(C(=O)[C@H](C)NC(=O)OC(C)(C)C)CC1)c1ncc(B2OC(C)(C)C(C)(C)O2)cn1. The molecule has 10 nitrogen and oxygen atoms in total. The Balaban J connectivity index is 1.54. The molecule has 1 N–H and O–H groups in total. The fourth-order valence-corrected chi connectivity index (χ4v) is 4.54. The molecule has 38 heavy (non-hydrogen) atoms. The van der Waals surface area contributed by atoms with Crippen LogP contribution in [0.3, 0.4) is 0 Å². The van der Waals surface area contributed by atoms with E-state index < -0.39 is 36.1 Å². The summed E-state index contributed by atoms with van der Waals surface area (Å²) in [5.74, 6) is 0.993. The van der Waals surface area contributed by atoms with E-state index in [-0.39, 0.29) is 11.9 Å². The molecule has 2 aliphatic heterocycles. The summed E-state index contributed by atoms with van der Waals surface area (Å²) in [5.41, 5.74) is -0.638. The summed E-state index contributed by atoms with van der Waals surface area (Å²) >= 11 is 0. The van der Waals surface area contributed by atoms with Gasteiger partial charge in [-0.3, -0.25) is 4.79 Å². The van der Waals surface area contributed by atoms with E-state index in [4.69, 9.17) is 14.0 Å². The smallest absolute Gasteiger partial charge is 0.444 e. The highest BCUT2D eigenvalue weighted by atomic mass is 16.7. The van der Waals surface area contributed by atoms with E-state index >= 15 is 0 Å². The van der Waals surface area contributed by atoms with Crippen molar-refractivity contribution in [1.29, 1.82) is 0 Å². The van der Waals surface area contributed by atoms with Gasteiger partial charge in [-0.15, -0.1) is 0 Å². The van der Waals surface area contributed by atoms with Crippen LogP contribution >= 0.6 is 0 Å². The summed E-state index contributed by atoms with van der Waals surface area (Å²) in [4.78, 5) is 38.3. The number of aromatic nitrogens is 2. The molecule has 0 bridgehead atoms. The molecule has 0 aliphatic carbocycles. The van der Waals surface area contributed by atoms with Crippen molar-refractivity contribution in [3.05, 3.63) is 12.4 Å². The molecule has 0 spiro atoms. The number of alkyl carbamates (subject to hydrolysis) is 1. The largest absolute Gasteiger partial charge is 0.498 e. The summed E-state index contributed by atoms with van der Waals surface area (Å²) in [5, 5.41) is 2.65. The normalized spacial score (nSPS) is 20.4. The minimum atomic E-state index is -0.635. The Morgan fingerprint density at radius 2 is 1.63 bits per heavy atom. The first-order chi connectivity index (χ1) is 17.5. The van der Waals surface area contributed by atoms with Gasteiger partial charge in [0.1, 0.15) is 11.6 Å². The number of amides is 2. The van der Waals surface area contributed by atoms with Crippen LogP contribution in [0, 0.1) is 5.92 Å². The van der Waals surface area contributed by atoms with Crippen molar-refractivity contribution in [3.63, 3.8) is 0 Å². The highest BCUT2D eigenvalue weighted by Gasteiger charge is 2.52. The first-order valence-corrected chi connectivity index (χ1v) is 13.7. The maximum atomic E-state index is 12.9. The first kappa shape index (κ1) is 30.2. The van der Waals surface area contributed by atoms with Gasteiger partial charge in [0.25, 0.3) is 0 Å². The van der Waals surface area contributed by atoms with Crippen molar-refractivity contribution >= 4 is 30.5 Å². The molecule has 1 aromatic rings. The van der Waals surface area contributed by atoms with Gasteiger partial charge in [0.05, 0.1) is 11.2 Å². The molecule has 1 atom stereocenters. The van der Waals surface area contributed by atoms with Crippen LogP contribution in [0.1, 0.15) is 82.1 Å². The van der Waals surface area contributed by atoms with Crippen LogP contribution in [0.25, 0.3) is 0 Å². The lowest BCUT2D eigenvalue weighted by molar-refractivity contribution is -0.134. The number of hydrogen-bond donors (Lipinski definition) is 1. The second-order valence-corrected chi connectivity index (χ2v) is 12.8. The Morgan fingerprint density at radius 1 is 1.11 bits per heavy atom. The van der Waals surface area contributed by atoms with Crippen LogP contribution in [0.5, 0.6) is 0 Å². The molecule has 0 saturated carbocycles. The zero-order valence-electron chi connectivity index (χ0n) is 24.8. The Labute approximate surface area is 228 Å². The van der Waals surface area contributed by atoms with Crippen LogP contribution in [-0.4, -0.2) is 82.5 Å². The van der Waals surface area contributed by atoms with Crippen molar-refractivity contribution in [2.24, 2.45) is 5.92 Å². The standard InChI is InChI=1S/C27H46BN5O5/c1-18(2)33(23-29-15-21(16-30-23)28-37-26(7,8)27(9,10)38-28)17-20-11-13-32(14-12-20)22(34)19(3)31-24(35)36-25(4,5)6/h15-16,18-20H,11-14,17H2,1-10H3,(H,31,35)/t19-/m0/s1. The maximum Gasteiger partial charge on any atom is 0.498 e. The monoisotopic (exact) mass is 531 g/mol. The minimum Gasteiger partial charge on any atom is -0.444 e. The van der Waals surface area contributed by atoms with Gasteiger partial charge in [0.15, 0.2) is 0 Å². The molecule has 3 heterocycles. The number of piperidine rings is 1. The lowest BCUT2D eigenvalue weighted by Gasteiger charge is -2.37. The van der Waals surface area contributed by atoms with Crippen LogP contribution in [0.15, 0.2) is 12.4 Å². The van der Waals surface area contributed by atoms with Gasteiger partial charge in [-0.25, -0.2) is 14.8 Å².